The third-order valence-electron chi connectivity index (χ3n) is 2.34. The van der Waals surface area contributed by atoms with E-state index in [4.69, 9.17) is 17.3 Å². The number of halogens is 1. The number of hydrogen-bond acceptors (Lipinski definition) is 1. The van der Waals surface area contributed by atoms with Gasteiger partial charge in [0.2, 0.25) is 0 Å². The molecule has 0 radical (unpaired) electrons. The second kappa shape index (κ2) is 4.81. The molecule has 1 nitrogen and oxygen atoms in total. The van der Waals surface area contributed by atoms with Crippen molar-refractivity contribution >= 4 is 11.6 Å². The van der Waals surface area contributed by atoms with Crippen molar-refractivity contribution in [2.24, 2.45) is 11.7 Å². The van der Waals surface area contributed by atoms with Gasteiger partial charge in [-0.25, -0.2) is 0 Å². The highest BCUT2D eigenvalue weighted by Crippen LogP contribution is 2.23. The van der Waals surface area contributed by atoms with Crippen LogP contribution < -0.4 is 5.73 Å². The summed E-state index contributed by atoms with van der Waals surface area (Å²) in [6.45, 7) is 6.37. The smallest absolute Gasteiger partial charge is 0.0435 e. The van der Waals surface area contributed by atoms with Gasteiger partial charge in [0.15, 0.2) is 0 Å². The molecule has 0 saturated heterocycles. The minimum absolute atomic E-state index is 0.131. The maximum Gasteiger partial charge on any atom is 0.0435 e. The van der Waals surface area contributed by atoms with Gasteiger partial charge in [0.1, 0.15) is 0 Å². The van der Waals surface area contributed by atoms with E-state index in [9.17, 15) is 0 Å². The van der Waals surface area contributed by atoms with Crippen LogP contribution in [0.15, 0.2) is 18.2 Å². The van der Waals surface area contributed by atoms with Crippen LogP contribution in [0.2, 0.25) is 5.02 Å². The van der Waals surface area contributed by atoms with Crippen LogP contribution in [0, 0.1) is 12.8 Å². The van der Waals surface area contributed by atoms with Crippen molar-refractivity contribution in [3.63, 3.8) is 0 Å². The average molecular weight is 212 g/mol. The molecular weight excluding hydrogens is 194 g/mol. The van der Waals surface area contributed by atoms with Crippen LogP contribution in [-0.2, 0) is 0 Å². The molecule has 0 aliphatic heterocycles. The van der Waals surface area contributed by atoms with Crippen molar-refractivity contribution in [2.45, 2.75) is 33.2 Å². The van der Waals surface area contributed by atoms with Crippen LogP contribution in [0.4, 0.5) is 0 Å². The molecular formula is C12H18ClN. The Morgan fingerprint density at radius 2 is 2.00 bits per heavy atom. The Kier molecular flexibility index (Phi) is 3.97. The SMILES string of the molecule is Cc1cc(C(N)CC(C)C)ccc1Cl. The monoisotopic (exact) mass is 211 g/mol. The molecule has 0 aromatic heterocycles. The Bertz CT molecular complexity index is 307. The van der Waals surface area contributed by atoms with Gasteiger partial charge in [0.25, 0.3) is 0 Å². The molecule has 1 aromatic rings. The lowest BCUT2D eigenvalue weighted by molar-refractivity contribution is 0.510. The minimum atomic E-state index is 0.131. The van der Waals surface area contributed by atoms with E-state index in [1.165, 1.54) is 5.56 Å². The third-order valence-corrected chi connectivity index (χ3v) is 2.76. The molecule has 0 saturated carbocycles. The topological polar surface area (TPSA) is 26.0 Å². The molecule has 0 amide bonds. The van der Waals surface area contributed by atoms with E-state index in [0.717, 1.165) is 17.0 Å². The lowest BCUT2D eigenvalue weighted by atomic mass is 9.97. The van der Waals surface area contributed by atoms with Gasteiger partial charge in [0, 0.05) is 11.1 Å². The number of aryl methyl sites for hydroxylation is 1. The number of benzene rings is 1. The number of nitrogens with two attached hydrogens (primary N) is 1. The van der Waals surface area contributed by atoms with Gasteiger partial charge < -0.3 is 5.73 Å². The summed E-state index contributed by atoms with van der Waals surface area (Å²) in [7, 11) is 0. The van der Waals surface area contributed by atoms with Gasteiger partial charge in [-0.2, -0.15) is 0 Å². The van der Waals surface area contributed by atoms with Gasteiger partial charge in [0.05, 0.1) is 0 Å². The standard InChI is InChI=1S/C12H18ClN/c1-8(2)6-12(14)10-4-5-11(13)9(3)7-10/h4-5,7-8,12H,6,14H2,1-3H3. The van der Waals surface area contributed by atoms with Gasteiger partial charge in [-0.3, -0.25) is 0 Å². The van der Waals surface area contributed by atoms with Gasteiger partial charge in [-0.15, -0.1) is 0 Å². The molecule has 14 heavy (non-hydrogen) atoms. The van der Waals surface area contributed by atoms with Crippen LogP contribution >= 0.6 is 11.6 Å². The molecule has 0 fully saturated rings. The molecule has 78 valence electrons. The van der Waals surface area contributed by atoms with Crippen molar-refractivity contribution in [1.82, 2.24) is 0 Å². The molecule has 0 bridgehead atoms. The molecule has 0 spiro atoms. The summed E-state index contributed by atoms with van der Waals surface area (Å²) in [6, 6.07) is 6.15. The number of hydrogen-bond donors (Lipinski definition) is 1. The lowest BCUT2D eigenvalue weighted by Crippen LogP contribution is -2.12. The predicted molar refractivity (Wildman–Crippen MR) is 62.6 cm³/mol. The normalized spacial score (nSPS) is 13.3. The highest BCUT2D eigenvalue weighted by Gasteiger charge is 2.08. The molecule has 1 atom stereocenters. The summed E-state index contributed by atoms with van der Waals surface area (Å²) in [5.41, 5.74) is 8.35. The van der Waals surface area contributed by atoms with Crippen molar-refractivity contribution in [3.05, 3.63) is 34.3 Å². The van der Waals surface area contributed by atoms with Crippen LogP contribution in [0.1, 0.15) is 37.4 Å². The quantitative estimate of drug-likeness (QED) is 0.811. The van der Waals surface area contributed by atoms with E-state index in [1.54, 1.807) is 0 Å². The zero-order chi connectivity index (χ0) is 10.7. The van der Waals surface area contributed by atoms with Crippen LogP contribution in [0.3, 0.4) is 0 Å². The average Bonchev–Trinajstić information content (AvgIpc) is 2.08. The molecule has 1 aromatic carbocycles. The summed E-state index contributed by atoms with van der Waals surface area (Å²) in [4.78, 5) is 0. The van der Waals surface area contributed by atoms with E-state index >= 15 is 0 Å². The van der Waals surface area contributed by atoms with Crippen molar-refractivity contribution in [2.75, 3.05) is 0 Å². The van der Waals surface area contributed by atoms with E-state index < -0.39 is 0 Å². The van der Waals surface area contributed by atoms with Gasteiger partial charge in [-0.05, 0) is 36.5 Å². The van der Waals surface area contributed by atoms with Gasteiger partial charge in [-0.1, -0.05) is 37.6 Å². The van der Waals surface area contributed by atoms with E-state index in [-0.39, 0.29) is 6.04 Å². The lowest BCUT2D eigenvalue weighted by Gasteiger charge is -2.15. The summed E-state index contributed by atoms with van der Waals surface area (Å²) in [5.74, 6) is 0.626. The first-order valence-electron chi connectivity index (χ1n) is 5.02. The molecule has 2 N–H and O–H groups in total. The maximum atomic E-state index is 6.07. The Balaban J connectivity index is 2.80. The first-order chi connectivity index (χ1) is 6.50. The second-order valence-electron chi connectivity index (χ2n) is 4.24. The first-order valence-corrected chi connectivity index (χ1v) is 5.40. The summed E-state index contributed by atoms with van der Waals surface area (Å²) in [5, 5.41) is 0.811. The fourth-order valence-corrected chi connectivity index (χ4v) is 1.66. The minimum Gasteiger partial charge on any atom is -0.324 e. The summed E-state index contributed by atoms with van der Waals surface area (Å²) < 4.78 is 0. The highest BCUT2D eigenvalue weighted by molar-refractivity contribution is 6.31. The Morgan fingerprint density at radius 3 is 2.50 bits per heavy atom. The zero-order valence-electron chi connectivity index (χ0n) is 9.05. The maximum absolute atomic E-state index is 6.07. The van der Waals surface area contributed by atoms with Gasteiger partial charge >= 0.3 is 0 Å². The van der Waals surface area contributed by atoms with Crippen LogP contribution in [0.25, 0.3) is 0 Å². The first kappa shape index (κ1) is 11.5. The summed E-state index contributed by atoms with van der Waals surface area (Å²) >= 11 is 5.95. The Labute approximate surface area is 91.3 Å². The van der Waals surface area contributed by atoms with E-state index in [0.29, 0.717) is 5.92 Å². The van der Waals surface area contributed by atoms with Crippen molar-refractivity contribution in [3.8, 4) is 0 Å². The number of rotatable bonds is 3. The fraction of sp³-hybridized carbons (Fsp3) is 0.500. The second-order valence-corrected chi connectivity index (χ2v) is 4.65. The molecule has 2 heteroatoms. The van der Waals surface area contributed by atoms with Crippen LogP contribution in [-0.4, -0.2) is 0 Å². The summed E-state index contributed by atoms with van der Waals surface area (Å²) in [6.07, 6.45) is 1.01. The Hall–Kier alpha value is -0.530. The molecule has 0 heterocycles. The van der Waals surface area contributed by atoms with Crippen LogP contribution in [0.5, 0.6) is 0 Å². The predicted octanol–water partition coefficient (Wildman–Crippen LogP) is 3.69. The zero-order valence-corrected chi connectivity index (χ0v) is 9.81. The van der Waals surface area contributed by atoms with E-state index in [1.807, 2.05) is 19.1 Å². The largest absolute Gasteiger partial charge is 0.324 e. The van der Waals surface area contributed by atoms with Crippen molar-refractivity contribution in [1.29, 1.82) is 0 Å². The van der Waals surface area contributed by atoms with Crippen molar-refractivity contribution < 1.29 is 0 Å². The Morgan fingerprint density at radius 1 is 1.36 bits per heavy atom. The molecule has 1 unspecified atom stereocenters. The molecule has 0 aliphatic rings. The molecule has 0 aliphatic carbocycles. The fourth-order valence-electron chi connectivity index (χ4n) is 1.54. The molecule has 1 rings (SSSR count). The highest BCUT2D eigenvalue weighted by atomic mass is 35.5. The third kappa shape index (κ3) is 3.00. The van der Waals surface area contributed by atoms with E-state index in [2.05, 4.69) is 19.9 Å².